The number of carbonyl (C=O) groups is 1. The third kappa shape index (κ3) is 2.36. The highest BCUT2D eigenvalue weighted by atomic mass is 32.2. The highest BCUT2D eigenvalue weighted by Crippen LogP contribution is 2.23. The van der Waals surface area contributed by atoms with E-state index in [2.05, 4.69) is 10.1 Å². The van der Waals surface area contributed by atoms with Crippen LogP contribution in [0.2, 0.25) is 0 Å². The number of nitrogens with two attached hydrogens (primary N) is 1. The fourth-order valence-electron chi connectivity index (χ4n) is 1.66. The van der Waals surface area contributed by atoms with E-state index in [-0.39, 0.29) is 30.7 Å². The second-order valence-corrected chi connectivity index (χ2v) is 6.35. The van der Waals surface area contributed by atoms with E-state index in [1.165, 1.54) is 4.90 Å². The number of sulfonamides is 1. The van der Waals surface area contributed by atoms with Crippen molar-refractivity contribution in [2.45, 2.75) is 31.4 Å². The molecule has 1 atom stereocenters. The number of aromatic nitrogens is 2. The molecule has 18 heavy (non-hydrogen) atoms. The molecule has 2 rings (SSSR count). The Bertz CT molecular complexity index is 565. The van der Waals surface area contributed by atoms with Crippen LogP contribution in [0.1, 0.15) is 32.1 Å². The minimum atomic E-state index is -3.73. The molecule has 0 aromatic carbocycles. The van der Waals surface area contributed by atoms with Crippen molar-refractivity contribution in [3.63, 3.8) is 0 Å². The van der Waals surface area contributed by atoms with Gasteiger partial charge in [0, 0.05) is 18.9 Å². The summed E-state index contributed by atoms with van der Waals surface area (Å²) in [5.41, 5.74) is 0. The van der Waals surface area contributed by atoms with Crippen molar-refractivity contribution in [3.8, 4) is 0 Å². The molecule has 2 N–H and O–H groups in total. The molecule has 8 nitrogen and oxygen atoms in total. The molecule has 0 aliphatic carbocycles. The predicted molar refractivity (Wildman–Crippen MR) is 62.3 cm³/mol. The van der Waals surface area contributed by atoms with Gasteiger partial charge in [0.15, 0.2) is 0 Å². The molecule has 2 heterocycles. The lowest BCUT2D eigenvalue weighted by Crippen LogP contribution is -2.32. The van der Waals surface area contributed by atoms with E-state index in [0.717, 1.165) is 0 Å². The van der Waals surface area contributed by atoms with E-state index < -0.39 is 15.3 Å². The highest BCUT2D eigenvalue weighted by molar-refractivity contribution is 7.89. The molecule has 1 aromatic rings. The summed E-state index contributed by atoms with van der Waals surface area (Å²) < 4.78 is 27.4. The van der Waals surface area contributed by atoms with Gasteiger partial charge in [0.2, 0.25) is 21.8 Å². The summed E-state index contributed by atoms with van der Waals surface area (Å²) in [6.07, 6.45) is -0.148. The number of amides is 1. The molecule has 1 aliphatic heterocycles. The summed E-state index contributed by atoms with van der Waals surface area (Å²) in [7, 11) is -3.73. The predicted octanol–water partition coefficient (Wildman–Crippen LogP) is -0.413. The van der Waals surface area contributed by atoms with Crippen molar-refractivity contribution in [2.75, 3.05) is 11.4 Å². The van der Waals surface area contributed by atoms with Gasteiger partial charge < -0.3 is 4.52 Å². The molecular weight excluding hydrogens is 260 g/mol. The number of hydrogen-bond donors (Lipinski definition) is 1. The minimum Gasteiger partial charge on any atom is -0.337 e. The third-order valence-corrected chi connectivity index (χ3v) is 3.97. The number of anilines is 1. The molecule has 1 unspecified atom stereocenters. The normalized spacial score (nSPS) is 21.0. The maximum Gasteiger partial charge on any atom is 0.272 e. The van der Waals surface area contributed by atoms with Crippen LogP contribution in [0.4, 0.5) is 5.95 Å². The molecule has 0 radical (unpaired) electrons. The second kappa shape index (κ2) is 4.32. The second-order valence-electron chi connectivity index (χ2n) is 4.51. The molecule has 100 valence electrons. The number of nitrogens with zero attached hydrogens (tertiary/aromatic N) is 3. The monoisotopic (exact) mass is 274 g/mol. The van der Waals surface area contributed by atoms with Crippen LogP contribution in [0.25, 0.3) is 0 Å². The van der Waals surface area contributed by atoms with Gasteiger partial charge in [-0.05, 0) is 5.16 Å². The van der Waals surface area contributed by atoms with E-state index in [1.54, 1.807) is 0 Å². The topological polar surface area (TPSA) is 119 Å². The first kappa shape index (κ1) is 13.0. The smallest absolute Gasteiger partial charge is 0.272 e. The first-order valence-corrected chi connectivity index (χ1v) is 7.05. The standard InChI is InChI=1S/C9H14N4O4S/c1-5(2)8-11-9(12-17-8)13-4-6(3-7(13)14)18(10,15)16/h5-6H,3-4H2,1-2H3,(H2,10,15,16). The van der Waals surface area contributed by atoms with Crippen LogP contribution >= 0.6 is 0 Å². The van der Waals surface area contributed by atoms with E-state index in [9.17, 15) is 13.2 Å². The van der Waals surface area contributed by atoms with Crippen molar-refractivity contribution in [3.05, 3.63) is 5.89 Å². The van der Waals surface area contributed by atoms with Crippen LogP contribution in [-0.2, 0) is 14.8 Å². The Morgan fingerprint density at radius 3 is 2.61 bits per heavy atom. The van der Waals surface area contributed by atoms with Crippen LogP contribution in [0.5, 0.6) is 0 Å². The Labute approximate surface area is 104 Å². The Kier molecular flexibility index (Phi) is 3.11. The third-order valence-electron chi connectivity index (χ3n) is 2.72. The van der Waals surface area contributed by atoms with Crippen molar-refractivity contribution in [1.29, 1.82) is 0 Å². The molecule has 0 bridgehead atoms. The molecule has 1 aromatic heterocycles. The Morgan fingerprint density at radius 1 is 1.50 bits per heavy atom. The summed E-state index contributed by atoms with van der Waals surface area (Å²) >= 11 is 0. The van der Waals surface area contributed by atoms with Crippen molar-refractivity contribution >= 4 is 21.9 Å². The van der Waals surface area contributed by atoms with Gasteiger partial charge in [-0.2, -0.15) is 4.98 Å². The van der Waals surface area contributed by atoms with Gasteiger partial charge in [-0.3, -0.25) is 9.69 Å². The van der Waals surface area contributed by atoms with Crippen LogP contribution in [0.15, 0.2) is 4.52 Å². The molecule has 1 fully saturated rings. The van der Waals surface area contributed by atoms with Crippen LogP contribution in [0, 0.1) is 0 Å². The average molecular weight is 274 g/mol. The first-order chi connectivity index (χ1) is 8.29. The largest absolute Gasteiger partial charge is 0.337 e. The van der Waals surface area contributed by atoms with Crippen LogP contribution in [0.3, 0.4) is 0 Å². The molecule has 1 amide bonds. The maximum absolute atomic E-state index is 11.7. The lowest BCUT2D eigenvalue weighted by molar-refractivity contribution is -0.117. The average Bonchev–Trinajstić information content (AvgIpc) is 2.81. The number of hydrogen-bond acceptors (Lipinski definition) is 6. The summed E-state index contributed by atoms with van der Waals surface area (Å²) in [5, 5.41) is 7.78. The van der Waals surface area contributed by atoms with Crippen LogP contribution in [-0.4, -0.2) is 36.3 Å². The molecule has 1 saturated heterocycles. The highest BCUT2D eigenvalue weighted by Gasteiger charge is 2.39. The van der Waals surface area contributed by atoms with Crippen molar-refractivity contribution < 1.29 is 17.7 Å². The lowest BCUT2D eigenvalue weighted by atomic mass is 10.2. The number of primary sulfonamides is 1. The minimum absolute atomic E-state index is 0.0330. The molecule has 0 saturated carbocycles. The van der Waals surface area contributed by atoms with E-state index in [1.807, 2.05) is 13.8 Å². The quantitative estimate of drug-likeness (QED) is 0.799. The Morgan fingerprint density at radius 2 is 2.17 bits per heavy atom. The summed E-state index contributed by atoms with van der Waals surface area (Å²) in [6, 6.07) is 0. The SMILES string of the molecule is CC(C)c1nc(N2CC(S(N)(=O)=O)CC2=O)no1. The number of carbonyl (C=O) groups excluding carboxylic acids is 1. The zero-order valence-electron chi connectivity index (χ0n) is 10.0. The zero-order valence-corrected chi connectivity index (χ0v) is 10.8. The fraction of sp³-hybridized carbons (Fsp3) is 0.667. The Hall–Kier alpha value is -1.48. The number of rotatable bonds is 3. The molecule has 1 aliphatic rings. The summed E-state index contributed by atoms with van der Waals surface area (Å²) in [5.74, 6) is 0.162. The van der Waals surface area contributed by atoms with E-state index >= 15 is 0 Å². The van der Waals surface area contributed by atoms with Gasteiger partial charge in [0.05, 0.1) is 0 Å². The van der Waals surface area contributed by atoms with Gasteiger partial charge in [-0.1, -0.05) is 13.8 Å². The first-order valence-electron chi connectivity index (χ1n) is 5.44. The Balaban J connectivity index is 2.22. The maximum atomic E-state index is 11.7. The molecule has 0 spiro atoms. The van der Waals surface area contributed by atoms with E-state index in [4.69, 9.17) is 9.66 Å². The summed E-state index contributed by atoms with van der Waals surface area (Å²) in [4.78, 5) is 16.9. The fourth-order valence-corrected chi connectivity index (χ4v) is 2.39. The van der Waals surface area contributed by atoms with Gasteiger partial charge >= 0.3 is 0 Å². The molecule has 9 heteroatoms. The van der Waals surface area contributed by atoms with Crippen LogP contribution < -0.4 is 10.0 Å². The zero-order chi connectivity index (χ0) is 13.5. The van der Waals surface area contributed by atoms with Gasteiger partial charge in [-0.15, -0.1) is 0 Å². The lowest BCUT2D eigenvalue weighted by Gasteiger charge is -2.10. The van der Waals surface area contributed by atoms with E-state index in [0.29, 0.717) is 5.89 Å². The van der Waals surface area contributed by atoms with Gasteiger partial charge in [0.25, 0.3) is 5.95 Å². The summed E-state index contributed by atoms with van der Waals surface area (Å²) in [6.45, 7) is 3.71. The molecular formula is C9H14N4O4S. The van der Waals surface area contributed by atoms with Gasteiger partial charge in [-0.25, -0.2) is 13.6 Å². The van der Waals surface area contributed by atoms with Crippen molar-refractivity contribution in [2.24, 2.45) is 5.14 Å². The van der Waals surface area contributed by atoms with Gasteiger partial charge in [0.1, 0.15) is 5.25 Å². The van der Waals surface area contributed by atoms with Crippen molar-refractivity contribution in [1.82, 2.24) is 10.1 Å².